The number of nitro benzene ring substituents is 1. The van der Waals surface area contributed by atoms with E-state index in [0.717, 1.165) is 11.1 Å². The van der Waals surface area contributed by atoms with Crippen LogP contribution < -0.4 is 0 Å². The van der Waals surface area contributed by atoms with Gasteiger partial charge in [0.1, 0.15) is 17.3 Å². The maximum absolute atomic E-state index is 12.2. The van der Waals surface area contributed by atoms with Gasteiger partial charge in [-0.15, -0.1) is 0 Å². The maximum atomic E-state index is 12.2. The van der Waals surface area contributed by atoms with Crippen LogP contribution in [0.15, 0.2) is 70.7 Å². The minimum atomic E-state index is -0.502. The molecule has 0 radical (unpaired) electrons. The molecular formula is C22H14ClNO5. The molecular weight excluding hydrogens is 394 g/mol. The summed E-state index contributed by atoms with van der Waals surface area (Å²) in [6, 6.07) is 15.0. The van der Waals surface area contributed by atoms with Crippen molar-refractivity contribution in [3.8, 4) is 11.3 Å². The van der Waals surface area contributed by atoms with Crippen LogP contribution in [0, 0.1) is 17.0 Å². The normalized spacial score (nSPS) is 14.8. The zero-order chi connectivity index (χ0) is 20.5. The Labute approximate surface area is 170 Å². The average Bonchev–Trinajstić information content (AvgIpc) is 3.30. The number of halogens is 1. The highest BCUT2D eigenvalue weighted by atomic mass is 35.5. The maximum Gasteiger partial charge on any atom is 0.343 e. The van der Waals surface area contributed by atoms with Gasteiger partial charge in [-0.25, -0.2) is 4.79 Å². The highest BCUT2D eigenvalue weighted by Crippen LogP contribution is 2.34. The second-order valence-corrected chi connectivity index (χ2v) is 6.89. The molecule has 0 saturated carbocycles. The topological polar surface area (TPSA) is 82.6 Å². The summed E-state index contributed by atoms with van der Waals surface area (Å²) in [5, 5.41) is 11.3. The van der Waals surface area contributed by atoms with E-state index < -0.39 is 10.9 Å². The van der Waals surface area contributed by atoms with Gasteiger partial charge in [0.25, 0.3) is 5.69 Å². The van der Waals surface area contributed by atoms with E-state index in [9.17, 15) is 14.9 Å². The molecule has 0 spiro atoms. The standard InChI is InChI=1S/C22H14ClNO5/c1-13-2-4-14(5-3-13)21-11-15(22(25)29-21)10-17-7-9-20(28-17)18-12-16(24(26)27)6-8-19(18)23/h2-12H,1H3/b15-10-. The van der Waals surface area contributed by atoms with Crippen molar-refractivity contribution in [3.63, 3.8) is 0 Å². The first kappa shape index (κ1) is 18.7. The molecule has 0 bridgehead atoms. The number of furan rings is 1. The molecule has 1 aliphatic heterocycles. The number of ether oxygens (including phenoxy) is 1. The van der Waals surface area contributed by atoms with Gasteiger partial charge in [0.15, 0.2) is 0 Å². The minimum absolute atomic E-state index is 0.0919. The number of carbonyl (C=O) groups excluding carboxylic acids is 1. The Balaban J connectivity index is 1.64. The van der Waals surface area contributed by atoms with E-state index >= 15 is 0 Å². The zero-order valence-corrected chi connectivity index (χ0v) is 16.0. The molecule has 1 aliphatic rings. The Hall–Kier alpha value is -3.64. The molecule has 0 fully saturated rings. The molecule has 4 rings (SSSR count). The largest absolute Gasteiger partial charge is 0.457 e. The molecule has 1 aromatic heterocycles. The third kappa shape index (κ3) is 3.83. The minimum Gasteiger partial charge on any atom is -0.457 e. The first-order valence-electron chi connectivity index (χ1n) is 8.67. The van der Waals surface area contributed by atoms with Gasteiger partial charge in [0, 0.05) is 23.3 Å². The number of esters is 1. The van der Waals surface area contributed by atoms with Crippen molar-refractivity contribution >= 4 is 35.1 Å². The lowest BCUT2D eigenvalue weighted by Gasteiger charge is -2.01. The van der Waals surface area contributed by atoms with Crippen LogP contribution in [-0.2, 0) is 9.53 Å². The second kappa shape index (κ2) is 7.41. The van der Waals surface area contributed by atoms with Gasteiger partial charge in [0.2, 0.25) is 0 Å². The van der Waals surface area contributed by atoms with Crippen LogP contribution in [0.1, 0.15) is 16.9 Å². The lowest BCUT2D eigenvalue weighted by molar-refractivity contribution is -0.384. The van der Waals surface area contributed by atoms with Gasteiger partial charge in [-0.05, 0) is 37.3 Å². The summed E-state index contributed by atoms with van der Waals surface area (Å²) in [6.07, 6.45) is 3.20. The van der Waals surface area contributed by atoms with E-state index in [0.29, 0.717) is 33.4 Å². The number of hydrogen-bond donors (Lipinski definition) is 0. The van der Waals surface area contributed by atoms with Crippen molar-refractivity contribution in [3.05, 3.63) is 98.3 Å². The van der Waals surface area contributed by atoms with Crippen LogP contribution in [0.25, 0.3) is 23.2 Å². The van der Waals surface area contributed by atoms with E-state index in [-0.39, 0.29) is 5.69 Å². The van der Waals surface area contributed by atoms with Crippen LogP contribution >= 0.6 is 11.6 Å². The Morgan fingerprint density at radius 2 is 1.83 bits per heavy atom. The SMILES string of the molecule is Cc1ccc(C2=C/C(=C/c3ccc(-c4cc([N+](=O)[O-])ccc4Cl)o3)C(=O)O2)cc1. The number of non-ortho nitro benzene ring substituents is 1. The van der Waals surface area contributed by atoms with E-state index in [4.69, 9.17) is 20.8 Å². The molecule has 0 amide bonds. The molecule has 6 nitrogen and oxygen atoms in total. The van der Waals surface area contributed by atoms with Crippen molar-refractivity contribution in [2.45, 2.75) is 6.92 Å². The fourth-order valence-corrected chi connectivity index (χ4v) is 3.10. The number of hydrogen-bond acceptors (Lipinski definition) is 5. The van der Waals surface area contributed by atoms with Gasteiger partial charge in [-0.2, -0.15) is 0 Å². The summed E-state index contributed by atoms with van der Waals surface area (Å²) in [5.74, 6) is 0.747. The van der Waals surface area contributed by atoms with Crippen LogP contribution in [0.3, 0.4) is 0 Å². The molecule has 0 aliphatic carbocycles. The summed E-state index contributed by atoms with van der Waals surface area (Å²) in [6.45, 7) is 1.98. The highest BCUT2D eigenvalue weighted by Gasteiger charge is 2.22. The van der Waals surface area contributed by atoms with Crippen LogP contribution in [0.4, 0.5) is 5.69 Å². The van der Waals surface area contributed by atoms with Gasteiger partial charge in [-0.1, -0.05) is 41.4 Å². The predicted octanol–water partition coefficient (Wildman–Crippen LogP) is 5.80. The number of carbonyl (C=O) groups is 1. The number of aryl methyl sites for hydroxylation is 1. The number of nitrogens with zero attached hydrogens (tertiary/aromatic N) is 1. The predicted molar refractivity (Wildman–Crippen MR) is 109 cm³/mol. The second-order valence-electron chi connectivity index (χ2n) is 6.49. The Bertz CT molecular complexity index is 1190. The van der Waals surface area contributed by atoms with Crippen LogP contribution in [0.2, 0.25) is 5.02 Å². The Kier molecular flexibility index (Phi) is 4.78. The van der Waals surface area contributed by atoms with Crippen molar-refractivity contribution in [2.24, 2.45) is 0 Å². The van der Waals surface area contributed by atoms with Gasteiger partial charge in [-0.3, -0.25) is 10.1 Å². The molecule has 0 N–H and O–H groups in total. The quantitative estimate of drug-likeness (QED) is 0.236. The number of cyclic esters (lactones) is 1. The first-order valence-corrected chi connectivity index (χ1v) is 9.05. The molecule has 2 aromatic carbocycles. The van der Waals surface area contributed by atoms with E-state index in [2.05, 4.69) is 0 Å². The molecule has 7 heteroatoms. The lowest BCUT2D eigenvalue weighted by atomic mass is 10.1. The fourth-order valence-electron chi connectivity index (χ4n) is 2.89. The summed E-state index contributed by atoms with van der Waals surface area (Å²) in [4.78, 5) is 22.7. The molecule has 2 heterocycles. The third-order valence-electron chi connectivity index (χ3n) is 4.41. The summed E-state index contributed by atoms with van der Waals surface area (Å²) >= 11 is 6.15. The molecule has 3 aromatic rings. The van der Waals surface area contributed by atoms with Crippen LogP contribution in [0.5, 0.6) is 0 Å². The lowest BCUT2D eigenvalue weighted by Crippen LogP contribution is -1.96. The smallest absolute Gasteiger partial charge is 0.343 e. The summed E-state index contributed by atoms with van der Waals surface area (Å²) in [5.41, 5.74) is 2.56. The fraction of sp³-hybridized carbons (Fsp3) is 0.0455. The molecule has 0 atom stereocenters. The molecule has 144 valence electrons. The summed E-state index contributed by atoms with van der Waals surface area (Å²) < 4.78 is 11.1. The van der Waals surface area contributed by atoms with E-state index in [1.807, 2.05) is 31.2 Å². The van der Waals surface area contributed by atoms with Crippen LogP contribution in [-0.4, -0.2) is 10.9 Å². The van der Waals surface area contributed by atoms with Gasteiger partial charge in [0.05, 0.1) is 15.5 Å². The Morgan fingerprint density at radius 1 is 1.07 bits per heavy atom. The molecule has 0 unspecified atom stereocenters. The summed E-state index contributed by atoms with van der Waals surface area (Å²) in [7, 11) is 0. The number of nitro groups is 1. The van der Waals surface area contributed by atoms with Gasteiger partial charge < -0.3 is 9.15 Å². The third-order valence-corrected chi connectivity index (χ3v) is 4.74. The molecule has 29 heavy (non-hydrogen) atoms. The Morgan fingerprint density at radius 3 is 2.55 bits per heavy atom. The average molecular weight is 408 g/mol. The number of benzene rings is 2. The van der Waals surface area contributed by atoms with Crippen molar-refractivity contribution < 1.29 is 18.9 Å². The van der Waals surface area contributed by atoms with Gasteiger partial charge >= 0.3 is 5.97 Å². The van der Waals surface area contributed by atoms with E-state index in [1.165, 1.54) is 18.2 Å². The molecule has 0 saturated heterocycles. The first-order chi connectivity index (χ1) is 13.9. The van der Waals surface area contributed by atoms with Crippen molar-refractivity contribution in [1.29, 1.82) is 0 Å². The highest BCUT2D eigenvalue weighted by molar-refractivity contribution is 6.33. The zero-order valence-electron chi connectivity index (χ0n) is 15.2. The number of rotatable bonds is 4. The van der Waals surface area contributed by atoms with Crippen molar-refractivity contribution in [2.75, 3.05) is 0 Å². The van der Waals surface area contributed by atoms with E-state index in [1.54, 1.807) is 24.3 Å². The monoisotopic (exact) mass is 407 g/mol. The van der Waals surface area contributed by atoms with Crippen molar-refractivity contribution in [1.82, 2.24) is 0 Å².